The average Bonchev–Trinajstić information content (AvgIpc) is 3.19. The van der Waals surface area contributed by atoms with Crippen LogP contribution in [0.1, 0.15) is 41.8 Å². The first-order valence-corrected chi connectivity index (χ1v) is 8.35. The summed E-state index contributed by atoms with van der Waals surface area (Å²) in [6, 6.07) is 8.36. The molecule has 1 aromatic heterocycles. The maximum atomic E-state index is 12.7. The third-order valence-corrected chi connectivity index (χ3v) is 4.47. The van der Waals surface area contributed by atoms with Crippen LogP contribution in [0.25, 0.3) is 5.76 Å². The van der Waals surface area contributed by atoms with Crippen molar-refractivity contribution in [3.05, 3.63) is 64.6 Å². The number of aliphatic hydroxyl groups excluding tert-OH is 1. The van der Waals surface area contributed by atoms with Crippen molar-refractivity contribution in [1.29, 1.82) is 0 Å². The molecule has 1 amide bonds. The number of carbonyl (C=O) groups excluding carboxylic acids is 2. The molecule has 0 aliphatic carbocycles. The highest BCUT2D eigenvalue weighted by Crippen LogP contribution is 2.40. The van der Waals surface area contributed by atoms with Gasteiger partial charge in [0.25, 0.3) is 11.7 Å². The third kappa shape index (κ3) is 2.86. The molecule has 1 N–H and O–H groups in total. The van der Waals surface area contributed by atoms with Gasteiger partial charge in [0, 0.05) is 12.1 Å². The Morgan fingerprint density at radius 2 is 2.00 bits per heavy atom. The van der Waals surface area contributed by atoms with Crippen LogP contribution in [0.2, 0.25) is 0 Å². The number of carbonyl (C=O) groups is 2. The van der Waals surface area contributed by atoms with Crippen LogP contribution in [0, 0.1) is 13.8 Å². The van der Waals surface area contributed by atoms with E-state index < -0.39 is 17.7 Å². The van der Waals surface area contributed by atoms with Crippen molar-refractivity contribution in [2.24, 2.45) is 0 Å². The Bertz CT molecular complexity index is 849. The maximum Gasteiger partial charge on any atom is 0.295 e. The Balaban J connectivity index is 2.21. The predicted octanol–water partition coefficient (Wildman–Crippen LogP) is 3.73. The number of aryl methyl sites for hydroxylation is 2. The number of likely N-dealkylation sites (tertiary alicyclic amines) is 1. The van der Waals surface area contributed by atoms with Crippen molar-refractivity contribution in [2.45, 2.75) is 33.2 Å². The fourth-order valence-electron chi connectivity index (χ4n) is 3.23. The standard InChI is InChI=1S/C20H21NO4/c1-4-9-21-17(15-6-5-10-25-15)16(19(23)20(21)24)18(22)14-11-12(2)7-8-13(14)3/h5-8,10-11,17,22H,4,9H2,1-3H3/b18-16-. The van der Waals surface area contributed by atoms with Gasteiger partial charge in [-0.05, 0) is 44.0 Å². The van der Waals surface area contributed by atoms with Gasteiger partial charge < -0.3 is 14.4 Å². The number of amides is 1. The second-order valence-corrected chi connectivity index (χ2v) is 6.33. The monoisotopic (exact) mass is 339 g/mol. The number of nitrogens with zero attached hydrogens (tertiary/aromatic N) is 1. The molecule has 1 unspecified atom stereocenters. The highest BCUT2D eigenvalue weighted by molar-refractivity contribution is 6.46. The molecule has 1 aliphatic rings. The zero-order valence-corrected chi connectivity index (χ0v) is 14.6. The molecule has 25 heavy (non-hydrogen) atoms. The van der Waals surface area contributed by atoms with E-state index in [0.29, 0.717) is 24.3 Å². The number of benzene rings is 1. The van der Waals surface area contributed by atoms with Crippen molar-refractivity contribution in [1.82, 2.24) is 4.90 Å². The first-order valence-electron chi connectivity index (χ1n) is 8.35. The van der Waals surface area contributed by atoms with Crippen molar-refractivity contribution >= 4 is 17.4 Å². The Morgan fingerprint density at radius 1 is 1.24 bits per heavy atom. The molecular formula is C20H21NO4. The maximum absolute atomic E-state index is 12.7. The zero-order chi connectivity index (χ0) is 18.1. The number of hydrogen-bond acceptors (Lipinski definition) is 4. The van der Waals surface area contributed by atoms with Gasteiger partial charge in [0.15, 0.2) is 0 Å². The molecule has 2 aromatic rings. The summed E-state index contributed by atoms with van der Waals surface area (Å²) in [5, 5.41) is 10.9. The molecule has 0 radical (unpaired) electrons. The van der Waals surface area contributed by atoms with Crippen LogP contribution in [-0.4, -0.2) is 28.2 Å². The summed E-state index contributed by atoms with van der Waals surface area (Å²) in [6.07, 6.45) is 2.20. The van der Waals surface area contributed by atoms with Crippen LogP contribution in [-0.2, 0) is 9.59 Å². The van der Waals surface area contributed by atoms with Crippen LogP contribution < -0.4 is 0 Å². The second kappa shape index (κ2) is 6.59. The summed E-state index contributed by atoms with van der Waals surface area (Å²) in [4.78, 5) is 26.6. The molecule has 1 saturated heterocycles. The highest BCUT2D eigenvalue weighted by atomic mass is 16.3. The van der Waals surface area contributed by atoms with Crippen LogP contribution >= 0.6 is 0 Å². The molecule has 5 heteroatoms. The van der Waals surface area contributed by atoms with Gasteiger partial charge in [0.1, 0.15) is 17.6 Å². The molecule has 3 rings (SSSR count). The fraction of sp³-hybridized carbons (Fsp3) is 0.300. The summed E-state index contributed by atoms with van der Waals surface area (Å²) in [5.41, 5.74) is 2.45. The third-order valence-electron chi connectivity index (χ3n) is 4.47. The number of hydrogen-bond donors (Lipinski definition) is 1. The van der Waals surface area contributed by atoms with Crippen molar-refractivity contribution in [3.8, 4) is 0 Å². The van der Waals surface area contributed by atoms with E-state index in [1.807, 2.05) is 39.0 Å². The number of ketones is 1. The van der Waals surface area contributed by atoms with Crippen molar-refractivity contribution in [3.63, 3.8) is 0 Å². The van der Waals surface area contributed by atoms with Crippen molar-refractivity contribution < 1.29 is 19.1 Å². The fourth-order valence-corrected chi connectivity index (χ4v) is 3.23. The molecule has 2 heterocycles. The molecular weight excluding hydrogens is 318 g/mol. The molecule has 1 fully saturated rings. The molecule has 1 atom stereocenters. The van der Waals surface area contributed by atoms with E-state index in [9.17, 15) is 14.7 Å². The van der Waals surface area contributed by atoms with Crippen LogP contribution in [0.3, 0.4) is 0 Å². The van der Waals surface area contributed by atoms with Gasteiger partial charge in [-0.2, -0.15) is 0 Å². The van der Waals surface area contributed by atoms with E-state index in [4.69, 9.17) is 4.42 Å². The van der Waals surface area contributed by atoms with Gasteiger partial charge in [-0.3, -0.25) is 9.59 Å². The van der Waals surface area contributed by atoms with E-state index >= 15 is 0 Å². The smallest absolute Gasteiger partial charge is 0.295 e. The molecule has 1 aromatic carbocycles. The van der Waals surface area contributed by atoms with Crippen LogP contribution in [0.4, 0.5) is 0 Å². The first-order chi connectivity index (χ1) is 12.0. The van der Waals surface area contributed by atoms with Gasteiger partial charge in [0.2, 0.25) is 0 Å². The largest absolute Gasteiger partial charge is 0.507 e. The average molecular weight is 339 g/mol. The molecule has 0 saturated carbocycles. The quantitative estimate of drug-likeness (QED) is 0.523. The van der Waals surface area contributed by atoms with E-state index in [-0.39, 0.29) is 11.3 Å². The Labute approximate surface area is 146 Å². The van der Waals surface area contributed by atoms with Crippen molar-refractivity contribution in [2.75, 3.05) is 6.54 Å². The summed E-state index contributed by atoms with van der Waals surface area (Å²) in [5.74, 6) is -0.956. The van der Waals surface area contributed by atoms with Gasteiger partial charge in [-0.1, -0.05) is 24.6 Å². The van der Waals surface area contributed by atoms with E-state index in [2.05, 4.69) is 0 Å². The Hall–Kier alpha value is -2.82. The minimum Gasteiger partial charge on any atom is -0.507 e. The SMILES string of the molecule is CCCN1C(=O)C(=O)/C(=C(\O)c2cc(C)ccc2C)C1c1ccco1. The van der Waals surface area contributed by atoms with Gasteiger partial charge in [-0.15, -0.1) is 0 Å². The number of furan rings is 1. The number of aliphatic hydroxyl groups is 1. The molecule has 5 nitrogen and oxygen atoms in total. The lowest BCUT2D eigenvalue weighted by Gasteiger charge is -2.22. The lowest BCUT2D eigenvalue weighted by atomic mass is 9.96. The number of Topliss-reactive ketones (excluding diaryl/α,β-unsaturated/α-hetero) is 1. The van der Waals surface area contributed by atoms with Gasteiger partial charge >= 0.3 is 0 Å². The summed E-state index contributed by atoms with van der Waals surface area (Å²) in [6.45, 7) is 6.12. The first kappa shape index (κ1) is 17.0. The van der Waals surface area contributed by atoms with E-state index in [1.54, 1.807) is 12.1 Å². The summed E-state index contributed by atoms with van der Waals surface area (Å²) < 4.78 is 5.47. The predicted molar refractivity (Wildman–Crippen MR) is 93.9 cm³/mol. The van der Waals surface area contributed by atoms with Crippen LogP contribution in [0.5, 0.6) is 0 Å². The molecule has 0 bridgehead atoms. The van der Waals surface area contributed by atoms with E-state index in [0.717, 1.165) is 11.1 Å². The summed E-state index contributed by atoms with van der Waals surface area (Å²) in [7, 11) is 0. The van der Waals surface area contributed by atoms with Crippen LogP contribution in [0.15, 0.2) is 46.6 Å². The highest BCUT2D eigenvalue weighted by Gasteiger charge is 2.47. The Kier molecular flexibility index (Phi) is 4.49. The molecule has 1 aliphatic heterocycles. The minimum absolute atomic E-state index is 0.0853. The second-order valence-electron chi connectivity index (χ2n) is 6.33. The summed E-state index contributed by atoms with van der Waals surface area (Å²) >= 11 is 0. The number of rotatable bonds is 4. The Morgan fingerprint density at radius 3 is 2.64 bits per heavy atom. The normalized spacial score (nSPS) is 19.6. The van der Waals surface area contributed by atoms with Gasteiger partial charge in [-0.25, -0.2) is 0 Å². The molecule has 0 spiro atoms. The zero-order valence-electron chi connectivity index (χ0n) is 14.6. The topological polar surface area (TPSA) is 70.8 Å². The minimum atomic E-state index is -0.699. The lowest BCUT2D eigenvalue weighted by molar-refractivity contribution is -0.140. The van der Waals surface area contributed by atoms with Gasteiger partial charge in [0.05, 0.1) is 11.8 Å². The molecule has 130 valence electrons. The lowest BCUT2D eigenvalue weighted by Crippen LogP contribution is -2.30. The van der Waals surface area contributed by atoms with E-state index in [1.165, 1.54) is 11.2 Å².